The minimum absolute atomic E-state index is 0.715. The number of aromatic nitrogens is 16. The molecule has 15 aromatic rings. The Morgan fingerprint density at radius 1 is 0.250 bits per heavy atom. The number of hydrogen-bond acceptors (Lipinski definition) is 6. The van der Waals surface area contributed by atoms with Crippen LogP contribution in [0.3, 0.4) is 0 Å². The SMILES string of the molecule is C1=Cc2nc1c(-c1cn(-c3ccccc3)nc1-c1ccc[nH]1)c1ccc([nH]1)c(-c1cn(-c3ccccc3)nc1-c1ccc[nH]1)c1nc(c(-c3cn(-c4ccccc4)nc3-c3ccc[nH]3)c3ccc([nH]3)c2-c2cn(-c3ccccc3)nc2-c2ccc[nH]2)C=C1. The van der Waals surface area contributed by atoms with Crippen LogP contribution in [0.25, 0.3) is 159 Å². The van der Waals surface area contributed by atoms with Gasteiger partial charge in [0.15, 0.2) is 0 Å². The molecule has 0 amide bonds. The van der Waals surface area contributed by atoms with Crippen molar-refractivity contribution in [3.8, 4) is 113 Å². The van der Waals surface area contributed by atoms with Gasteiger partial charge in [-0.2, -0.15) is 20.4 Å². The molecule has 0 unspecified atom stereocenters. The average molecular weight is 1140 g/mol. The zero-order valence-corrected chi connectivity index (χ0v) is 46.9. The van der Waals surface area contributed by atoms with Gasteiger partial charge >= 0.3 is 0 Å². The Morgan fingerprint density at radius 2 is 0.489 bits per heavy atom. The molecule has 0 saturated carbocycles. The number of aromatic amines is 6. The van der Waals surface area contributed by atoms with E-state index in [-0.39, 0.29) is 0 Å². The summed E-state index contributed by atoms with van der Waals surface area (Å²) in [5.41, 5.74) is 22.8. The second-order valence-electron chi connectivity index (χ2n) is 21.5. The minimum atomic E-state index is 0.715. The summed E-state index contributed by atoms with van der Waals surface area (Å²) in [6.07, 6.45) is 24.6. The van der Waals surface area contributed by atoms with E-state index in [9.17, 15) is 0 Å². The maximum absolute atomic E-state index is 5.80. The quantitative estimate of drug-likeness (QED) is 0.0705. The van der Waals surface area contributed by atoms with Crippen LogP contribution in [0.5, 0.6) is 0 Å². The molecule has 8 bridgehead atoms. The van der Waals surface area contributed by atoms with Crippen LogP contribution in [0.15, 0.2) is 244 Å². The molecule has 0 fully saturated rings. The van der Waals surface area contributed by atoms with Crippen molar-refractivity contribution in [2.24, 2.45) is 0 Å². The molecule has 6 N–H and O–H groups in total. The largest absolute Gasteiger partial charge is 0.360 e. The first-order chi connectivity index (χ1) is 43.6. The van der Waals surface area contributed by atoms with Gasteiger partial charge in [-0.15, -0.1) is 0 Å². The lowest BCUT2D eigenvalue weighted by Gasteiger charge is -2.07. The average Bonchev–Trinajstić information content (AvgIpc) is 2.82. The van der Waals surface area contributed by atoms with Crippen LogP contribution in [0.4, 0.5) is 0 Å². The highest BCUT2D eigenvalue weighted by atomic mass is 15.3. The third-order valence-corrected chi connectivity index (χ3v) is 16.2. The van der Waals surface area contributed by atoms with E-state index < -0.39 is 0 Å². The third-order valence-electron chi connectivity index (χ3n) is 16.2. The van der Waals surface area contributed by atoms with Crippen molar-refractivity contribution in [1.29, 1.82) is 0 Å². The Hall–Kier alpha value is -12.6. The highest BCUT2D eigenvalue weighted by Gasteiger charge is 2.28. The lowest BCUT2D eigenvalue weighted by molar-refractivity contribution is 0.883. The van der Waals surface area contributed by atoms with Gasteiger partial charge in [-0.3, -0.25) is 0 Å². The van der Waals surface area contributed by atoms with E-state index in [0.29, 0.717) is 22.8 Å². The lowest BCUT2D eigenvalue weighted by atomic mass is 10.0. The molecule has 11 aromatic heterocycles. The molecule has 0 saturated heterocycles. The van der Waals surface area contributed by atoms with Crippen LogP contribution in [0.2, 0.25) is 0 Å². The minimum Gasteiger partial charge on any atom is -0.360 e. The fourth-order valence-electron chi connectivity index (χ4n) is 12.1. The fourth-order valence-corrected chi connectivity index (χ4v) is 12.1. The predicted molar refractivity (Wildman–Crippen MR) is 348 cm³/mol. The Bertz CT molecular complexity index is 4630. The molecular weight excluding hydrogens is 1090 g/mol. The first kappa shape index (κ1) is 50.0. The van der Waals surface area contributed by atoms with Gasteiger partial charge in [0.05, 0.1) is 68.3 Å². The van der Waals surface area contributed by atoms with E-state index in [4.69, 9.17) is 30.4 Å². The number of benzene rings is 4. The van der Waals surface area contributed by atoms with Crippen LogP contribution in [-0.2, 0) is 0 Å². The standard InChI is InChI=1S/C72H50N16/c1-5-17-45(18-6-1)85-41-49(69(81-85)61-25-13-37-73-61)65-53-29-31-55(77-53)66(50-42-86(46-19-7-2-8-20-46)82-70(50)62-26-14-38-74-62)57-33-35-59(79-57)68(52-44-88(48-23-11-4-12-24-48)84-72(52)64-28-16-40-76-64)60-36-34-58(80-60)67(56-32-30-54(65)78-56)51-43-87(47-21-9-3-10-22-47)83-71(51)63-27-15-39-75-63/h1-44,73-77,80H. The van der Waals surface area contributed by atoms with Crippen molar-refractivity contribution in [1.82, 2.24) is 79.0 Å². The maximum Gasteiger partial charge on any atom is 0.117 e. The zero-order chi connectivity index (χ0) is 58.1. The van der Waals surface area contributed by atoms with Crippen LogP contribution in [0, 0.1) is 0 Å². The second kappa shape index (κ2) is 20.6. The lowest BCUT2D eigenvalue weighted by Crippen LogP contribution is -1.93. The van der Waals surface area contributed by atoms with Crippen molar-refractivity contribution >= 4 is 46.4 Å². The highest BCUT2D eigenvalue weighted by molar-refractivity contribution is 6.04. The number of fused-ring (bicyclic) bond motifs is 8. The summed E-state index contributed by atoms with van der Waals surface area (Å²) in [5, 5.41) is 21.4. The smallest absolute Gasteiger partial charge is 0.117 e. The molecule has 16 heteroatoms. The van der Waals surface area contributed by atoms with Crippen molar-refractivity contribution in [3.63, 3.8) is 0 Å². The first-order valence-electron chi connectivity index (χ1n) is 28.9. The van der Waals surface area contributed by atoms with E-state index in [1.54, 1.807) is 0 Å². The highest BCUT2D eigenvalue weighted by Crippen LogP contribution is 2.45. The van der Waals surface area contributed by atoms with Crippen molar-refractivity contribution < 1.29 is 0 Å². The normalized spacial score (nSPS) is 12.0. The predicted octanol–water partition coefficient (Wildman–Crippen LogP) is 16.0. The van der Waals surface area contributed by atoms with Crippen LogP contribution >= 0.6 is 0 Å². The summed E-state index contributed by atoms with van der Waals surface area (Å²) < 4.78 is 7.76. The first-order valence-corrected chi connectivity index (χ1v) is 28.9. The molecule has 13 heterocycles. The Kier molecular flexibility index (Phi) is 11.7. The molecule has 17 rings (SSSR count). The number of H-pyrrole nitrogens is 6. The third kappa shape index (κ3) is 8.62. The van der Waals surface area contributed by atoms with Gasteiger partial charge in [0, 0.05) is 116 Å². The van der Waals surface area contributed by atoms with E-state index >= 15 is 0 Å². The molecular formula is C72H50N16. The van der Waals surface area contributed by atoms with Gasteiger partial charge in [-0.05, 0) is 146 Å². The van der Waals surface area contributed by atoms with E-state index in [0.717, 1.165) is 135 Å². The molecule has 4 aromatic carbocycles. The molecule has 0 spiro atoms. The topological polar surface area (TPSA) is 192 Å². The van der Waals surface area contributed by atoms with Gasteiger partial charge in [0.1, 0.15) is 22.8 Å². The summed E-state index contributed by atoms with van der Waals surface area (Å²) in [6.45, 7) is 0. The molecule has 0 atom stereocenters. The van der Waals surface area contributed by atoms with Crippen molar-refractivity contribution in [2.45, 2.75) is 0 Å². The van der Waals surface area contributed by atoms with Gasteiger partial charge in [-0.1, -0.05) is 72.8 Å². The van der Waals surface area contributed by atoms with Gasteiger partial charge < -0.3 is 29.9 Å². The van der Waals surface area contributed by atoms with Crippen LogP contribution in [0.1, 0.15) is 22.8 Å². The zero-order valence-electron chi connectivity index (χ0n) is 46.9. The van der Waals surface area contributed by atoms with Crippen LogP contribution < -0.4 is 0 Å². The van der Waals surface area contributed by atoms with E-state index in [1.807, 2.05) is 141 Å². The van der Waals surface area contributed by atoms with Crippen LogP contribution in [-0.4, -0.2) is 79.0 Å². The number of nitrogens with one attached hydrogen (secondary N) is 6. The van der Waals surface area contributed by atoms with Gasteiger partial charge in [-0.25, -0.2) is 28.7 Å². The summed E-state index contributed by atoms with van der Waals surface area (Å²) >= 11 is 0. The number of para-hydroxylation sites is 4. The maximum atomic E-state index is 5.80. The van der Waals surface area contributed by atoms with Crippen molar-refractivity contribution in [3.05, 3.63) is 266 Å². The molecule has 2 aliphatic rings. The molecule has 16 nitrogen and oxygen atoms in total. The molecule has 0 aliphatic carbocycles. The molecule has 2 aliphatic heterocycles. The Balaban J connectivity index is 1.04. The molecule has 418 valence electrons. The van der Waals surface area contributed by atoms with Crippen molar-refractivity contribution in [2.75, 3.05) is 0 Å². The van der Waals surface area contributed by atoms with E-state index in [2.05, 4.69) is 176 Å². The molecule has 0 radical (unpaired) electrons. The number of rotatable bonds is 12. The number of nitrogens with zero attached hydrogens (tertiary/aromatic N) is 10. The van der Waals surface area contributed by atoms with E-state index in [1.165, 1.54) is 0 Å². The fraction of sp³-hybridized carbons (Fsp3) is 0. The van der Waals surface area contributed by atoms with Gasteiger partial charge in [0.2, 0.25) is 0 Å². The summed E-state index contributed by atoms with van der Waals surface area (Å²) in [5.74, 6) is 0. The summed E-state index contributed by atoms with van der Waals surface area (Å²) in [6, 6.07) is 65.5. The van der Waals surface area contributed by atoms with Gasteiger partial charge in [0.25, 0.3) is 0 Å². The monoisotopic (exact) mass is 1140 g/mol. The Morgan fingerprint density at radius 3 is 0.705 bits per heavy atom. The molecule has 88 heavy (non-hydrogen) atoms. The summed E-state index contributed by atoms with van der Waals surface area (Å²) in [4.78, 5) is 33.6. The second-order valence-corrected chi connectivity index (χ2v) is 21.5. The Labute approximate surface area is 502 Å². The number of hydrogen-bond donors (Lipinski definition) is 6. The summed E-state index contributed by atoms with van der Waals surface area (Å²) in [7, 11) is 0.